The molecule has 16 heavy (non-hydrogen) atoms. The van der Waals surface area contributed by atoms with E-state index < -0.39 is 0 Å². The Kier molecular flexibility index (Phi) is 11.5. The summed E-state index contributed by atoms with van der Waals surface area (Å²) in [5, 5.41) is 0. The van der Waals surface area contributed by atoms with Gasteiger partial charge in [0.15, 0.2) is 0 Å². The molecule has 0 aromatic carbocycles. The molecule has 0 heteroatoms. The highest BCUT2D eigenvalue weighted by molar-refractivity contribution is 4.58. The first kappa shape index (κ1) is 16.0. The molecule has 0 rings (SSSR count). The van der Waals surface area contributed by atoms with Crippen molar-refractivity contribution < 1.29 is 0 Å². The molecule has 0 N–H and O–H groups in total. The maximum Gasteiger partial charge on any atom is -0.0443 e. The average Bonchev–Trinajstić information content (AvgIpc) is 2.24. The van der Waals surface area contributed by atoms with Crippen LogP contribution in [0.4, 0.5) is 0 Å². The summed E-state index contributed by atoms with van der Waals surface area (Å²) in [5.41, 5.74) is 0. The molecular formula is C16H33. The SMILES string of the molecule is [CH2]C(C)CCCCC(C)CCCCCCC. The van der Waals surface area contributed by atoms with Crippen LogP contribution >= 0.6 is 0 Å². The normalized spacial score (nSPS) is 13.3. The van der Waals surface area contributed by atoms with Crippen molar-refractivity contribution in [3.8, 4) is 0 Å². The highest BCUT2D eigenvalue weighted by Crippen LogP contribution is 2.18. The second kappa shape index (κ2) is 11.5. The molecular weight excluding hydrogens is 192 g/mol. The highest BCUT2D eigenvalue weighted by Gasteiger charge is 2.02. The Bertz CT molecular complexity index is 126. The summed E-state index contributed by atoms with van der Waals surface area (Å²) >= 11 is 0. The molecule has 0 aliphatic rings. The van der Waals surface area contributed by atoms with Crippen LogP contribution in [0.1, 0.15) is 85.0 Å². The lowest BCUT2D eigenvalue weighted by atomic mass is 9.95. The Labute approximate surface area is 104 Å². The van der Waals surface area contributed by atoms with Gasteiger partial charge in [-0.05, 0) is 11.8 Å². The van der Waals surface area contributed by atoms with Gasteiger partial charge in [-0.25, -0.2) is 0 Å². The van der Waals surface area contributed by atoms with Crippen molar-refractivity contribution in [3.05, 3.63) is 6.92 Å². The van der Waals surface area contributed by atoms with Gasteiger partial charge in [0, 0.05) is 0 Å². The Morgan fingerprint density at radius 3 is 1.81 bits per heavy atom. The third kappa shape index (κ3) is 12.1. The van der Waals surface area contributed by atoms with Crippen LogP contribution in [-0.4, -0.2) is 0 Å². The molecule has 0 aromatic rings. The van der Waals surface area contributed by atoms with Crippen molar-refractivity contribution in [2.75, 3.05) is 0 Å². The van der Waals surface area contributed by atoms with E-state index in [1.54, 1.807) is 0 Å². The van der Waals surface area contributed by atoms with Gasteiger partial charge in [-0.1, -0.05) is 91.9 Å². The van der Waals surface area contributed by atoms with Crippen molar-refractivity contribution in [2.24, 2.45) is 11.8 Å². The van der Waals surface area contributed by atoms with Crippen LogP contribution in [0.5, 0.6) is 0 Å². The van der Waals surface area contributed by atoms with Gasteiger partial charge in [0.05, 0.1) is 0 Å². The number of rotatable bonds is 11. The van der Waals surface area contributed by atoms with Crippen LogP contribution in [0.15, 0.2) is 0 Å². The van der Waals surface area contributed by atoms with Crippen LogP contribution in [0.25, 0.3) is 0 Å². The summed E-state index contributed by atoms with van der Waals surface area (Å²) in [6.45, 7) is 11.0. The van der Waals surface area contributed by atoms with Crippen molar-refractivity contribution in [1.29, 1.82) is 0 Å². The summed E-state index contributed by atoms with van der Waals surface area (Å²) in [7, 11) is 0. The summed E-state index contributed by atoms with van der Waals surface area (Å²) in [6.07, 6.45) is 14.1. The van der Waals surface area contributed by atoms with Gasteiger partial charge in [0.1, 0.15) is 0 Å². The molecule has 0 aromatic heterocycles. The molecule has 1 radical (unpaired) electrons. The Balaban J connectivity index is 3.15. The topological polar surface area (TPSA) is 0 Å². The second-order valence-electron chi connectivity index (χ2n) is 5.70. The minimum Gasteiger partial charge on any atom is -0.0654 e. The minimum absolute atomic E-state index is 0.643. The zero-order valence-corrected chi connectivity index (χ0v) is 11.9. The standard InChI is InChI=1S/C16H33/c1-5-6-7-8-9-13-16(4)14-11-10-12-15(2)3/h15-16H,2,5-14H2,1,3-4H3. The maximum atomic E-state index is 4.03. The summed E-state index contributed by atoms with van der Waals surface area (Å²) in [4.78, 5) is 0. The lowest BCUT2D eigenvalue weighted by Gasteiger charge is -2.11. The monoisotopic (exact) mass is 225 g/mol. The molecule has 0 aliphatic heterocycles. The lowest BCUT2D eigenvalue weighted by Crippen LogP contribution is -1.96. The van der Waals surface area contributed by atoms with Crippen LogP contribution in [-0.2, 0) is 0 Å². The van der Waals surface area contributed by atoms with E-state index >= 15 is 0 Å². The highest BCUT2D eigenvalue weighted by atomic mass is 14.1. The van der Waals surface area contributed by atoms with Crippen molar-refractivity contribution in [2.45, 2.75) is 85.0 Å². The van der Waals surface area contributed by atoms with E-state index in [4.69, 9.17) is 0 Å². The Morgan fingerprint density at radius 2 is 1.25 bits per heavy atom. The largest absolute Gasteiger partial charge is 0.0654 e. The van der Waals surface area contributed by atoms with Gasteiger partial charge in [-0.15, -0.1) is 0 Å². The third-order valence-electron chi connectivity index (χ3n) is 3.44. The van der Waals surface area contributed by atoms with E-state index in [9.17, 15) is 0 Å². The lowest BCUT2D eigenvalue weighted by molar-refractivity contribution is 0.428. The molecule has 0 aliphatic carbocycles. The van der Waals surface area contributed by atoms with E-state index in [0.29, 0.717) is 5.92 Å². The molecule has 2 atom stereocenters. The summed E-state index contributed by atoms with van der Waals surface area (Å²) in [6, 6.07) is 0. The van der Waals surface area contributed by atoms with E-state index in [-0.39, 0.29) is 0 Å². The van der Waals surface area contributed by atoms with Crippen LogP contribution in [0.3, 0.4) is 0 Å². The first-order chi connectivity index (χ1) is 7.66. The minimum atomic E-state index is 0.643. The van der Waals surface area contributed by atoms with Gasteiger partial charge >= 0.3 is 0 Å². The molecule has 0 saturated carbocycles. The fraction of sp³-hybridized carbons (Fsp3) is 0.938. The smallest absolute Gasteiger partial charge is 0.0443 e. The Morgan fingerprint density at radius 1 is 0.750 bits per heavy atom. The van der Waals surface area contributed by atoms with Gasteiger partial charge in [-0.2, -0.15) is 0 Å². The quantitative estimate of drug-likeness (QED) is 0.377. The molecule has 0 heterocycles. The molecule has 97 valence electrons. The van der Waals surface area contributed by atoms with E-state index in [0.717, 1.165) is 5.92 Å². The molecule has 0 spiro atoms. The molecule has 2 unspecified atom stereocenters. The first-order valence-electron chi connectivity index (χ1n) is 7.49. The van der Waals surface area contributed by atoms with E-state index in [1.807, 2.05) is 0 Å². The van der Waals surface area contributed by atoms with Crippen LogP contribution in [0, 0.1) is 18.8 Å². The van der Waals surface area contributed by atoms with E-state index in [1.165, 1.54) is 64.2 Å². The van der Waals surface area contributed by atoms with Gasteiger partial charge in [0.2, 0.25) is 0 Å². The fourth-order valence-corrected chi connectivity index (χ4v) is 2.23. The maximum absolute atomic E-state index is 4.03. The fourth-order valence-electron chi connectivity index (χ4n) is 2.23. The molecule has 0 fully saturated rings. The van der Waals surface area contributed by atoms with E-state index in [2.05, 4.69) is 27.7 Å². The average molecular weight is 225 g/mol. The van der Waals surface area contributed by atoms with Gasteiger partial charge in [0.25, 0.3) is 0 Å². The predicted molar refractivity (Wildman–Crippen MR) is 75.5 cm³/mol. The molecule has 0 amide bonds. The second-order valence-corrected chi connectivity index (χ2v) is 5.70. The molecule has 0 saturated heterocycles. The Hall–Kier alpha value is 0. The number of unbranched alkanes of at least 4 members (excludes halogenated alkanes) is 5. The van der Waals surface area contributed by atoms with Gasteiger partial charge < -0.3 is 0 Å². The van der Waals surface area contributed by atoms with Crippen LogP contribution < -0.4 is 0 Å². The first-order valence-corrected chi connectivity index (χ1v) is 7.49. The predicted octanol–water partition coefficient (Wildman–Crippen LogP) is 6.01. The zero-order chi connectivity index (χ0) is 12.2. The molecule has 0 nitrogen and oxygen atoms in total. The molecule has 0 bridgehead atoms. The van der Waals surface area contributed by atoms with Crippen molar-refractivity contribution in [1.82, 2.24) is 0 Å². The van der Waals surface area contributed by atoms with Crippen molar-refractivity contribution >= 4 is 0 Å². The third-order valence-corrected chi connectivity index (χ3v) is 3.44. The number of hydrogen-bond acceptors (Lipinski definition) is 0. The summed E-state index contributed by atoms with van der Waals surface area (Å²) < 4.78 is 0. The zero-order valence-electron chi connectivity index (χ0n) is 11.9. The summed E-state index contributed by atoms with van der Waals surface area (Å²) in [5.74, 6) is 1.59. The number of hydrogen-bond donors (Lipinski definition) is 0. The van der Waals surface area contributed by atoms with Crippen LogP contribution in [0.2, 0.25) is 0 Å². The van der Waals surface area contributed by atoms with Gasteiger partial charge in [-0.3, -0.25) is 0 Å². The van der Waals surface area contributed by atoms with Crippen molar-refractivity contribution in [3.63, 3.8) is 0 Å².